The Morgan fingerprint density at radius 1 is 1.14 bits per heavy atom. The van der Waals surface area contributed by atoms with Crippen molar-refractivity contribution in [1.82, 2.24) is 35.1 Å². The van der Waals surface area contributed by atoms with Gasteiger partial charge in [0.2, 0.25) is 0 Å². The van der Waals surface area contributed by atoms with Crippen LogP contribution in [0.25, 0.3) is 10.9 Å². The highest BCUT2D eigenvalue weighted by molar-refractivity contribution is 5.80. The number of H-pyrrole nitrogens is 1. The lowest BCUT2D eigenvalue weighted by atomic mass is 10.0. The number of hydrogen-bond donors (Lipinski definition) is 1. The normalized spacial score (nSPS) is 12.8. The summed E-state index contributed by atoms with van der Waals surface area (Å²) >= 11 is 0. The first-order valence-corrected chi connectivity index (χ1v) is 12.0. The fourth-order valence-corrected chi connectivity index (χ4v) is 4.44. The Kier molecular flexibility index (Phi) is 6.58. The lowest BCUT2D eigenvalue weighted by molar-refractivity contribution is 0.171. The van der Waals surface area contributed by atoms with E-state index < -0.39 is 11.6 Å². The number of tetrazole rings is 1. The summed E-state index contributed by atoms with van der Waals surface area (Å²) in [4.78, 5) is 23.1. The standard InChI is InChI=1S/C27H29N7O3/c1-27(2,3)34-25(30-31-32-34)24(22-14-19-13-20(36-4)9-10-23(19)29-26(22)35)33(17-21-8-6-12-37-21)16-18-7-5-11-28-15-18/h5-15,24H,16-17H2,1-4H3,(H,29,35). The van der Waals surface area contributed by atoms with E-state index in [2.05, 4.69) is 30.4 Å². The van der Waals surface area contributed by atoms with Crippen molar-refractivity contribution in [3.05, 3.63) is 100 Å². The fourth-order valence-electron chi connectivity index (χ4n) is 4.44. The van der Waals surface area contributed by atoms with Crippen molar-refractivity contribution in [3.8, 4) is 5.75 Å². The summed E-state index contributed by atoms with van der Waals surface area (Å²) in [5.74, 6) is 2.00. The van der Waals surface area contributed by atoms with Gasteiger partial charge in [0.15, 0.2) is 5.82 Å². The molecule has 37 heavy (non-hydrogen) atoms. The average Bonchev–Trinajstić information content (AvgIpc) is 3.57. The number of benzene rings is 1. The summed E-state index contributed by atoms with van der Waals surface area (Å²) in [6.45, 7) is 6.97. The molecule has 0 bridgehead atoms. The number of hydrogen-bond acceptors (Lipinski definition) is 8. The van der Waals surface area contributed by atoms with Crippen LogP contribution < -0.4 is 10.3 Å². The van der Waals surface area contributed by atoms with Gasteiger partial charge < -0.3 is 14.1 Å². The van der Waals surface area contributed by atoms with Crippen LogP contribution in [-0.4, -0.2) is 42.2 Å². The number of nitrogens with one attached hydrogen (secondary N) is 1. The number of furan rings is 1. The van der Waals surface area contributed by atoms with E-state index in [0.29, 0.717) is 35.7 Å². The SMILES string of the molecule is COc1ccc2[nH]c(=O)c(C(c3nnnn3C(C)(C)C)N(Cc3cccnc3)Cc3ccco3)cc2c1. The largest absolute Gasteiger partial charge is 0.497 e. The Morgan fingerprint density at radius 3 is 2.70 bits per heavy atom. The summed E-state index contributed by atoms with van der Waals surface area (Å²) in [6, 6.07) is 14.5. The number of rotatable bonds is 8. The lowest BCUT2D eigenvalue weighted by Gasteiger charge is -2.32. The molecule has 1 N–H and O–H groups in total. The molecular formula is C27H29N7O3. The van der Waals surface area contributed by atoms with Gasteiger partial charge in [-0.25, -0.2) is 4.68 Å². The van der Waals surface area contributed by atoms with Gasteiger partial charge in [-0.15, -0.1) is 5.10 Å². The van der Waals surface area contributed by atoms with E-state index in [9.17, 15) is 4.79 Å². The second-order valence-electron chi connectivity index (χ2n) is 9.87. The van der Waals surface area contributed by atoms with E-state index in [1.54, 1.807) is 24.3 Å². The van der Waals surface area contributed by atoms with Crippen LogP contribution in [0.4, 0.5) is 0 Å². The second kappa shape index (κ2) is 9.98. The molecule has 4 aromatic heterocycles. The number of aromatic nitrogens is 6. The van der Waals surface area contributed by atoms with Gasteiger partial charge in [0.25, 0.3) is 5.56 Å². The van der Waals surface area contributed by atoms with Gasteiger partial charge in [-0.05, 0) is 79.2 Å². The van der Waals surface area contributed by atoms with Crippen molar-refractivity contribution >= 4 is 10.9 Å². The second-order valence-corrected chi connectivity index (χ2v) is 9.87. The van der Waals surface area contributed by atoms with Gasteiger partial charge >= 0.3 is 0 Å². The summed E-state index contributed by atoms with van der Waals surface area (Å²) in [6.07, 6.45) is 5.19. The zero-order chi connectivity index (χ0) is 26.0. The van der Waals surface area contributed by atoms with Gasteiger partial charge in [0, 0.05) is 35.4 Å². The summed E-state index contributed by atoms with van der Waals surface area (Å²) in [7, 11) is 1.62. The first kappa shape index (κ1) is 24.4. The van der Waals surface area contributed by atoms with Crippen LogP contribution >= 0.6 is 0 Å². The molecule has 0 spiro atoms. The monoisotopic (exact) mass is 499 g/mol. The minimum atomic E-state index is -0.598. The molecule has 0 aliphatic heterocycles. The highest BCUT2D eigenvalue weighted by Gasteiger charge is 2.34. The first-order chi connectivity index (χ1) is 17.8. The van der Waals surface area contributed by atoms with Crippen molar-refractivity contribution in [2.24, 2.45) is 0 Å². The van der Waals surface area contributed by atoms with Crippen LogP contribution in [0.5, 0.6) is 5.75 Å². The fraction of sp³-hybridized carbons (Fsp3) is 0.296. The van der Waals surface area contributed by atoms with Crippen LogP contribution in [0, 0.1) is 0 Å². The third-order valence-corrected chi connectivity index (χ3v) is 6.16. The molecule has 10 heteroatoms. The van der Waals surface area contributed by atoms with Crippen LogP contribution in [0.15, 0.2) is 76.4 Å². The molecule has 0 saturated heterocycles. The number of methoxy groups -OCH3 is 1. The van der Waals surface area contributed by atoms with Crippen molar-refractivity contribution in [2.75, 3.05) is 7.11 Å². The van der Waals surface area contributed by atoms with Crippen molar-refractivity contribution < 1.29 is 9.15 Å². The molecule has 0 fully saturated rings. The van der Waals surface area contributed by atoms with Gasteiger partial charge in [0.05, 0.1) is 25.5 Å². The molecule has 0 radical (unpaired) electrons. The van der Waals surface area contributed by atoms with E-state index in [4.69, 9.17) is 9.15 Å². The molecule has 1 unspecified atom stereocenters. The van der Waals surface area contributed by atoms with E-state index in [1.807, 2.05) is 75.5 Å². The van der Waals surface area contributed by atoms with E-state index in [0.717, 1.165) is 16.7 Å². The molecule has 0 saturated carbocycles. The first-order valence-electron chi connectivity index (χ1n) is 12.0. The minimum Gasteiger partial charge on any atom is -0.497 e. The van der Waals surface area contributed by atoms with Gasteiger partial charge in [0.1, 0.15) is 17.6 Å². The maximum Gasteiger partial charge on any atom is 0.253 e. The Balaban J connectivity index is 1.73. The van der Waals surface area contributed by atoms with E-state index in [-0.39, 0.29) is 5.56 Å². The number of aromatic amines is 1. The molecule has 10 nitrogen and oxygen atoms in total. The van der Waals surface area contributed by atoms with Gasteiger partial charge in [-0.1, -0.05) is 6.07 Å². The number of nitrogens with zero attached hydrogens (tertiary/aromatic N) is 6. The third kappa shape index (κ3) is 5.14. The smallest absolute Gasteiger partial charge is 0.253 e. The Hall–Kier alpha value is -4.31. The van der Waals surface area contributed by atoms with Crippen LogP contribution in [-0.2, 0) is 18.6 Å². The van der Waals surface area contributed by atoms with E-state index >= 15 is 0 Å². The highest BCUT2D eigenvalue weighted by atomic mass is 16.5. The predicted molar refractivity (Wildman–Crippen MR) is 138 cm³/mol. The third-order valence-electron chi connectivity index (χ3n) is 6.16. The Morgan fingerprint density at radius 2 is 2.00 bits per heavy atom. The molecule has 1 atom stereocenters. The Bertz CT molecular complexity index is 1540. The number of ether oxygens (including phenoxy) is 1. The lowest BCUT2D eigenvalue weighted by Crippen LogP contribution is -2.37. The van der Waals surface area contributed by atoms with Crippen LogP contribution in [0.3, 0.4) is 0 Å². The number of fused-ring (bicyclic) bond motifs is 1. The van der Waals surface area contributed by atoms with Crippen LogP contribution in [0.2, 0.25) is 0 Å². The van der Waals surface area contributed by atoms with Crippen molar-refractivity contribution in [3.63, 3.8) is 0 Å². The molecule has 5 aromatic rings. The Labute approximate surface area is 213 Å². The quantitative estimate of drug-likeness (QED) is 0.340. The summed E-state index contributed by atoms with van der Waals surface area (Å²) in [5, 5.41) is 13.6. The van der Waals surface area contributed by atoms with Gasteiger partial charge in [-0.2, -0.15) is 0 Å². The predicted octanol–water partition coefficient (Wildman–Crippen LogP) is 4.06. The molecule has 5 rings (SSSR count). The van der Waals surface area contributed by atoms with E-state index in [1.165, 1.54) is 0 Å². The topological polar surface area (TPSA) is 115 Å². The maximum atomic E-state index is 13.6. The molecule has 0 aliphatic rings. The molecule has 1 aromatic carbocycles. The molecule has 4 heterocycles. The number of pyridine rings is 2. The van der Waals surface area contributed by atoms with Crippen molar-refractivity contribution in [1.29, 1.82) is 0 Å². The van der Waals surface area contributed by atoms with Crippen LogP contribution in [0.1, 0.15) is 49.5 Å². The summed E-state index contributed by atoms with van der Waals surface area (Å²) in [5.41, 5.74) is 1.56. The molecular weight excluding hydrogens is 470 g/mol. The zero-order valence-corrected chi connectivity index (χ0v) is 21.3. The zero-order valence-electron chi connectivity index (χ0n) is 21.3. The minimum absolute atomic E-state index is 0.221. The molecule has 190 valence electrons. The molecule has 0 amide bonds. The summed E-state index contributed by atoms with van der Waals surface area (Å²) < 4.78 is 12.9. The molecule has 0 aliphatic carbocycles. The maximum absolute atomic E-state index is 13.6. The van der Waals surface area contributed by atoms with Gasteiger partial charge in [-0.3, -0.25) is 14.7 Å². The highest BCUT2D eigenvalue weighted by Crippen LogP contribution is 2.32. The average molecular weight is 500 g/mol. The van der Waals surface area contributed by atoms with Crippen molar-refractivity contribution in [2.45, 2.75) is 45.4 Å².